The molecule has 250 valence electrons. The van der Waals surface area contributed by atoms with Crippen molar-refractivity contribution < 1.29 is 18.0 Å². The van der Waals surface area contributed by atoms with Crippen LogP contribution in [0, 0.1) is 0 Å². The number of nitrogens with one attached hydrogen (secondary N) is 1. The summed E-state index contributed by atoms with van der Waals surface area (Å²) in [5.41, 5.74) is 7.61. The Bertz CT molecular complexity index is 1500. The van der Waals surface area contributed by atoms with Gasteiger partial charge in [-0.25, -0.2) is 4.79 Å². The molecule has 2 aromatic carbocycles. The van der Waals surface area contributed by atoms with Crippen LogP contribution in [0.15, 0.2) is 54.6 Å². The van der Waals surface area contributed by atoms with E-state index in [1.54, 1.807) is 21.9 Å². The number of alkyl halides is 2. The van der Waals surface area contributed by atoms with Gasteiger partial charge in [-0.15, -0.1) is 0 Å². The van der Waals surface area contributed by atoms with Crippen molar-refractivity contribution >= 4 is 65.4 Å². The molecule has 4 aliphatic heterocycles. The number of para-hydroxylation sites is 2. The first-order valence-corrected chi connectivity index (χ1v) is 19.6. The van der Waals surface area contributed by atoms with Gasteiger partial charge in [-0.1, -0.05) is 74.7 Å². The summed E-state index contributed by atoms with van der Waals surface area (Å²) in [7, 11) is -3.92. The molecule has 3 fully saturated rings. The number of fused-ring (bicyclic) bond motifs is 1. The largest absolute Gasteiger partial charge is 0.341 e. The fourth-order valence-electron chi connectivity index (χ4n) is 7.29. The van der Waals surface area contributed by atoms with Crippen molar-refractivity contribution in [2.45, 2.75) is 67.6 Å². The molecule has 6 rings (SSSR count). The number of piperidine rings is 3. The van der Waals surface area contributed by atoms with E-state index in [-0.39, 0.29) is 43.3 Å². The minimum atomic E-state index is -3.92. The van der Waals surface area contributed by atoms with Crippen molar-refractivity contribution in [2.75, 3.05) is 54.2 Å². The summed E-state index contributed by atoms with van der Waals surface area (Å²) in [6.45, 7) is 4.13. The highest BCUT2D eigenvalue weighted by atomic mass is 79.9. The Morgan fingerprint density at radius 2 is 1.63 bits per heavy atom. The summed E-state index contributed by atoms with van der Waals surface area (Å²) in [6.07, 6.45) is 5.87. The Morgan fingerprint density at radius 1 is 0.957 bits per heavy atom. The van der Waals surface area contributed by atoms with E-state index in [1.807, 2.05) is 47.4 Å². The SMILES string of the molecule is NC1(N2Cc3ccccc3NS2(=O)=O)CCN(C(=O)N(c2ccccc2)[C@@H](CBr)C(=O)N2CCC(N3CCCCC3)CC2)CC1Br. The van der Waals surface area contributed by atoms with E-state index < -0.39 is 26.7 Å². The average Bonchev–Trinajstić information content (AvgIpc) is 3.08. The van der Waals surface area contributed by atoms with Gasteiger partial charge in [0.25, 0.3) is 0 Å². The third kappa shape index (κ3) is 6.70. The van der Waals surface area contributed by atoms with Gasteiger partial charge in [0.05, 0.1) is 10.5 Å². The van der Waals surface area contributed by atoms with Crippen LogP contribution >= 0.6 is 31.9 Å². The molecule has 0 aromatic heterocycles. The van der Waals surface area contributed by atoms with Crippen molar-refractivity contribution in [3.63, 3.8) is 0 Å². The summed E-state index contributed by atoms with van der Waals surface area (Å²) in [5.74, 6) is -0.0732. The zero-order valence-corrected chi connectivity index (χ0v) is 29.9. The molecule has 4 aliphatic rings. The lowest BCUT2D eigenvalue weighted by molar-refractivity contribution is -0.133. The zero-order valence-electron chi connectivity index (χ0n) is 25.9. The van der Waals surface area contributed by atoms with E-state index in [1.165, 1.54) is 23.6 Å². The normalized spacial score (nSPS) is 26.5. The van der Waals surface area contributed by atoms with Gasteiger partial charge < -0.3 is 20.4 Å². The third-order valence-corrected chi connectivity index (χ3v) is 13.2. The average molecular weight is 782 g/mol. The Balaban J connectivity index is 1.18. The van der Waals surface area contributed by atoms with Crippen LogP contribution in [0.1, 0.15) is 44.1 Å². The van der Waals surface area contributed by atoms with E-state index in [0.29, 0.717) is 30.5 Å². The summed E-state index contributed by atoms with van der Waals surface area (Å²) in [6, 6.07) is 16.0. The van der Waals surface area contributed by atoms with Gasteiger partial charge in [-0.05, 0) is 69.0 Å². The second kappa shape index (κ2) is 14.1. The lowest BCUT2D eigenvalue weighted by Crippen LogP contribution is -2.71. The molecule has 14 heteroatoms. The predicted molar refractivity (Wildman–Crippen MR) is 187 cm³/mol. The maximum Gasteiger partial charge on any atom is 0.325 e. The Morgan fingerprint density at radius 3 is 2.30 bits per heavy atom. The molecular weight excluding hydrogens is 738 g/mol. The zero-order chi connectivity index (χ0) is 32.5. The van der Waals surface area contributed by atoms with E-state index >= 15 is 0 Å². The molecule has 3 N–H and O–H groups in total. The van der Waals surface area contributed by atoms with Crippen LogP contribution in [0.25, 0.3) is 0 Å². The molecule has 2 aromatic rings. The molecular formula is C32H43Br2N7O4S. The molecule has 3 amide bonds. The fourth-order valence-corrected chi connectivity index (χ4v) is 10.4. The summed E-state index contributed by atoms with van der Waals surface area (Å²) in [4.78, 5) is 35.7. The van der Waals surface area contributed by atoms with Crippen molar-refractivity contribution in [2.24, 2.45) is 5.73 Å². The highest BCUT2D eigenvalue weighted by molar-refractivity contribution is 9.09. The molecule has 3 saturated heterocycles. The first-order chi connectivity index (χ1) is 22.1. The number of rotatable bonds is 6. The van der Waals surface area contributed by atoms with Crippen molar-refractivity contribution in [3.05, 3.63) is 60.2 Å². The second-order valence-corrected chi connectivity index (χ2v) is 16.1. The minimum absolute atomic E-state index is 0.0732. The van der Waals surface area contributed by atoms with Crippen LogP contribution in [0.4, 0.5) is 16.2 Å². The molecule has 0 saturated carbocycles. The van der Waals surface area contributed by atoms with E-state index in [9.17, 15) is 18.0 Å². The van der Waals surface area contributed by atoms with Gasteiger partial charge in [0, 0.05) is 49.8 Å². The number of urea groups is 1. The van der Waals surface area contributed by atoms with Gasteiger partial charge in [0.15, 0.2) is 0 Å². The number of nitrogens with two attached hydrogens (primary N) is 1. The number of likely N-dealkylation sites (tertiary alicyclic amines) is 3. The molecule has 0 bridgehead atoms. The first kappa shape index (κ1) is 33.7. The summed E-state index contributed by atoms with van der Waals surface area (Å²) >= 11 is 7.25. The van der Waals surface area contributed by atoms with E-state index in [0.717, 1.165) is 31.5 Å². The standard InChI is InChI=1S/C32H43Br2N7O4S/c33-21-28(30(42)38-18-13-25(14-19-38)37-16-7-2-8-17-37)41(26-10-3-1-4-11-26)31(43)39-20-15-32(35,29(34)23-39)40-22-24-9-5-6-12-27(24)36-46(40,44)45/h1,3-6,9-12,25,28-29,36H,2,7-8,13-23,35H2/t28-,29?,32?/m0/s1. The molecule has 4 heterocycles. The highest BCUT2D eigenvalue weighted by Gasteiger charge is 2.51. The predicted octanol–water partition coefficient (Wildman–Crippen LogP) is 4.15. The second-order valence-electron chi connectivity index (χ2n) is 12.7. The van der Waals surface area contributed by atoms with E-state index in [4.69, 9.17) is 5.73 Å². The van der Waals surface area contributed by atoms with Crippen LogP contribution in [0.5, 0.6) is 0 Å². The molecule has 0 aliphatic carbocycles. The topological polar surface area (TPSA) is 123 Å². The van der Waals surface area contributed by atoms with Crippen molar-refractivity contribution in [3.8, 4) is 0 Å². The molecule has 2 unspecified atom stereocenters. The van der Waals surface area contributed by atoms with Gasteiger partial charge >= 0.3 is 16.2 Å². The molecule has 0 spiro atoms. The molecule has 0 radical (unpaired) electrons. The molecule has 3 atom stereocenters. The number of hydrogen-bond donors (Lipinski definition) is 2. The lowest BCUT2D eigenvalue weighted by atomic mass is 9.96. The number of benzene rings is 2. The van der Waals surface area contributed by atoms with Crippen LogP contribution < -0.4 is 15.4 Å². The highest BCUT2D eigenvalue weighted by Crippen LogP contribution is 2.38. The Kier molecular flexibility index (Phi) is 10.3. The number of carbonyl (C=O) groups excluding carboxylic acids is 2. The maximum atomic E-state index is 14.4. The van der Waals surface area contributed by atoms with Crippen molar-refractivity contribution in [1.82, 2.24) is 19.0 Å². The number of amides is 3. The number of hydrogen-bond acceptors (Lipinski definition) is 6. The molecule has 11 nitrogen and oxygen atoms in total. The fraction of sp³-hybridized carbons (Fsp3) is 0.562. The first-order valence-electron chi connectivity index (χ1n) is 16.2. The Labute approximate surface area is 288 Å². The summed E-state index contributed by atoms with van der Waals surface area (Å²) in [5, 5.41) is 0.280. The van der Waals surface area contributed by atoms with E-state index in [2.05, 4.69) is 41.5 Å². The van der Waals surface area contributed by atoms with Crippen LogP contribution in [-0.2, 0) is 21.5 Å². The van der Waals surface area contributed by atoms with Gasteiger partial charge in [0.1, 0.15) is 11.7 Å². The lowest BCUT2D eigenvalue weighted by Gasteiger charge is -2.50. The van der Waals surface area contributed by atoms with Gasteiger partial charge in [-0.3, -0.25) is 14.4 Å². The monoisotopic (exact) mass is 779 g/mol. The van der Waals surface area contributed by atoms with Crippen molar-refractivity contribution in [1.29, 1.82) is 0 Å². The van der Waals surface area contributed by atoms with Gasteiger partial charge in [-0.2, -0.15) is 12.7 Å². The quantitative estimate of drug-likeness (QED) is 0.425. The van der Waals surface area contributed by atoms with Gasteiger partial charge in [0.2, 0.25) is 5.91 Å². The van der Waals surface area contributed by atoms with Crippen LogP contribution in [-0.4, -0.2) is 107 Å². The number of carbonyl (C=O) groups is 2. The molecule has 46 heavy (non-hydrogen) atoms. The smallest absolute Gasteiger partial charge is 0.325 e. The summed E-state index contributed by atoms with van der Waals surface area (Å²) < 4.78 is 30.6. The Hall–Kier alpha value is -2.23. The minimum Gasteiger partial charge on any atom is -0.341 e. The van der Waals surface area contributed by atoms with Crippen LogP contribution in [0.2, 0.25) is 0 Å². The van der Waals surface area contributed by atoms with Crippen LogP contribution in [0.3, 0.4) is 0 Å². The number of anilines is 2. The third-order valence-electron chi connectivity index (χ3n) is 9.97. The number of nitrogens with zero attached hydrogens (tertiary/aromatic N) is 5. The maximum absolute atomic E-state index is 14.4. The number of halogens is 2.